The Hall–Kier alpha value is -1.61. The van der Waals surface area contributed by atoms with Gasteiger partial charge in [-0.3, -0.25) is 4.68 Å². The van der Waals surface area contributed by atoms with Gasteiger partial charge in [0, 0.05) is 17.3 Å². The maximum Gasteiger partial charge on any atom is 0.0703 e. The van der Waals surface area contributed by atoms with Gasteiger partial charge in [-0.25, -0.2) is 0 Å². The Labute approximate surface area is 127 Å². The van der Waals surface area contributed by atoms with Gasteiger partial charge in [0.25, 0.3) is 0 Å². The van der Waals surface area contributed by atoms with Crippen LogP contribution < -0.4 is 0 Å². The largest absolute Gasteiger partial charge is 0.268 e. The molecule has 0 bridgehead atoms. The Morgan fingerprint density at radius 3 is 2.55 bits per heavy atom. The fraction of sp³-hybridized carbons (Fsp3) is 0.235. The van der Waals surface area contributed by atoms with Gasteiger partial charge in [-0.05, 0) is 24.5 Å². The third-order valence-corrected chi connectivity index (χ3v) is 4.62. The molecule has 0 saturated heterocycles. The zero-order valence-corrected chi connectivity index (χ0v) is 13.0. The van der Waals surface area contributed by atoms with Gasteiger partial charge in [-0.1, -0.05) is 64.5 Å². The molecule has 1 unspecified atom stereocenters. The fourth-order valence-electron chi connectivity index (χ4n) is 2.57. The van der Waals surface area contributed by atoms with Crippen LogP contribution in [0.4, 0.5) is 0 Å². The number of fused-ring (bicyclic) bond motifs is 1. The van der Waals surface area contributed by atoms with Gasteiger partial charge < -0.3 is 0 Å². The van der Waals surface area contributed by atoms with Gasteiger partial charge in [0.2, 0.25) is 0 Å². The van der Waals surface area contributed by atoms with E-state index in [4.69, 9.17) is 0 Å². The number of halogens is 1. The monoisotopic (exact) mass is 328 g/mol. The summed E-state index contributed by atoms with van der Waals surface area (Å²) in [6.45, 7) is 0. The minimum Gasteiger partial charge on any atom is -0.268 e. The summed E-state index contributed by atoms with van der Waals surface area (Å²) in [6.07, 6.45) is 2.02. The Balaban J connectivity index is 1.77. The van der Waals surface area contributed by atoms with E-state index in [0.717, 1.165) is 12.8 Å². The van der Waals surface area contributed by atoms with E-state index in [2.05, 4.69) is 75.6 Å². The smallest absolute Gasteiger partial charge is 0.0703 e. The van der Waals surface area contributed by atoms with Crippen molar-refractivity contribution in [2.45, 2.75) is 17.7 Å². The van der Waals surface area contributed by atoms with Gasteiger partial charge >= 0.3 is 0 Å². The first-order chi connectivity index (χ1) is 9.75. The first-order valence-electron chi connectivity index (χ1n) is 6.85. The first-order valence-corrected chi connectivity index (χ1v) is 7.77. The lowest BCUT2D eigenvalue weighted by Gasteiger charge is -2.08. The molecule has 2 nitrogen and oxygen atoms in total. The average Bonchev–Trinajstić information content (AvgIpc) is 2.83. The number of alkyl halides is 1. The third kappa shape index (κ3) is 2.63. The van der Waals surface area contributed by atoms with Crippen molar-refractivity contribution in [3.05, 3.63) is 65.9 Å². The van der Waals surface area contributed by atoms with Gasteiger partial charge in [0.1, 0.15) is 0 Å². The fourth-order valence-corrected chi connectivity index (χ4v) is 3.10. The Bertz CT molecular complexity index is 703. The molecular formula is C17H17BrN2. The van der Waals surface area contributed by atoms with Gasteiger partial charge in [0.15, 0.2) is 0 Å². The van der Waals surface area contributed by atoms with E-state index in [1.807, 2.05) is 11.7 Å². The Kier molecular flexibility index (Phi) is 3.88. The Morgan fingerprint density at radius 2 is 1.75 bits per heavy atom. The lowest BCUT2D eigenvalue weighted by atomic mass is 10.1. The van der Waals surface area contributed by atoms with Crippen LogP contribution in [0.25, 0.3) is 10.9 Å². The van der Waals surface area contributed by atoms with Crippen LogP contribution in [-0.2, 0) is 13.5 Å². The number of rotatable bonds is 4. The maximum absolute atomic E-state index is 4.65. The standard InChI is InChI=1S/C17H17BrN2/c1-20-17-10-6-5-9-14(17)16(19-20)12-11-15(18)13-7-3-2-4-8-13/h2-10,15H,11-12H2,1H3. The van der Waals surface area contributed by atoms with Crippen LogP contribution in [0.15, 0.2) is 54.6 Å². The first kappa shape index (κ1) is 13.4. The lowest BCUT2D eigenvalue weighted by molar-refractivity contribution is 0.732. The summed E-state index contributed by atoms with van der Waals surface area (Å²) in [4.78, 5) is 0.379. The van der Waals surface area contributed by atoms with E-state index in [1.165, 1.54) is 22.2 Å². The summed E-state index contributed by atoms with van der Waals surface area (Å²) in [5.41, 5.74) is 3.71. The molecule has 0 amide bonds. The van der Waals surface area contributed by atoms with Crippen LogP contribution in [0.5, 0.6) is 0 Å². The molecule has 1 atom stereocenters. The van der Waals surface area contributed by atoms with E-state index < -0.39 is 0 Å². The highest BCUT2D eigenvalue weighted by Crippen LogP contribution is 2.29. The lowest BCUT2D eigenvalue weighted by Crippen LogP contribution is -1.96. The third-order valence-electron chi connectivity index (χ3n) is 3.63. The number of aromatic nitrogens is 2. The molecule has 3 heteroatoms. The van der Waals surface area contributed by atoms with Crippen LogP contribution in [0.3, 0.4) is 0 Å². The predicted octanol–water partition coefficient (Wildman–Crippen LogP) is 4.64. The summed E-state index contributed by atoms with van der Waals surface area (Å²) in [7, 11) is 2.01. The highest BCUT2D eigenvalue weighted by atomic mass is 79.9. The molecule has 0 aliphatic heterocycles. The molecular weight excluding hydrogens is 312 g/mol. The molecule has 1 aromatic heterocycles. The van der Waals surface area contributed by atoms with Crippen LogP contribution >= 0.6 is 15.9 Å². The van der Waals surface area contributed by atoms with Gasteiger partial charge in [-0.2, -0.15) is 5.10 Å². The van der Waals surface area contributed by atoms with Gasteiger partial charge in [-0.15, -0.1) is 0 Å². The van der Waals surface area contributed by atoms with Crippen LogP contribution in [-0.4, -0.2) is 9.78 Å². The second-order valence-corrected chi connectivity index (χ2v) is 6.11. The molecule has 0 radical (unpaired) electrons. The van der Waals surface area contributed by atoms with E-state index in [-0.39, 0.29) is 0 Å². The molecule has 1 heterocycles. The molecule has 20 heavy (non-hydrogen) atoms. The zero-order chi connectivity index (χ0) is 13.9. The Morgan fingerprint density at radius 1 is 1.05 bits per heavy atom. The minimum absolute atomic E-state index is 0.379. The molecule has 102 valence electrons. The average molecular weight is 329 g/mol. The quantitative estimate of drug-likeness (QED) is 0.638. The predicted molar refractivity (Wildman–Crippen MR) is 87.1 cm³/mol. The highest BCUT2D eigenvalue weighted by Gasteiger charge is 2.11. The van der Waals surface area contributed by atoms with Crippen molar-refractivity contribution >= 4 is 26.8 Å². The molecule has 2 aromatic carbocycles. The number of benzene rings is 2. The van der Waals surface area contributed by atoms with E-state index >= 15 is 0 Å². The molecule has 0 fully saturated rings. The van der Waals surface area contributed by atoms with Crippen molar-refractivity contribution in [1.82, 2.24) is 9.78 Å². The van der Waals surface area contributed by atoms with Gasteiger partial charge in [0.05, 0.1) is 11.2 Å². The van der Waals surface area contributed by atoms with E-state index in [9.17, 15) is 0 Å². The van der Waals surface area contributed by atoms with Crippen molar-refractivity contribution in [3.63, 3.8) is 0 Å². The molecule has 0 saturated carbocycles. The number of hydrogen-bond acceptors (Lipinski definition) is 1. The number of para-hydroxylation sites is 1. The SMILES string of the molecule is Cn1nc(CCC(Br)c2ccccc2)c2ccccc21. The van der Waals surface area contributed by atoms with Crippen molar-refractivity contribution in [2.24, 2.45) is 7.05 Å². The number of nitrogens with zero attached hydrogens (tertiary/aromatic N) is 2. The molecule has 3 aromatic rings. The van der Waals surface area contributed by atoms with Crippen LogP contribution in [0, 0.1) is 0 Å². The van der Waals surface area contributed by atoms with Crippen molar-refractivity contribution < 1.29 is 0 Å². The van der Waals surface area contributed by atoms with Crippen LogP contribution in [0.2, 0.25) is 0 Å². The zero-order valence-electron chi connectivity index (χ0n) is 11.5. The minimum atomic E-state index is 0.379. The van der Waals surface area contributed by atoms with E-state index in [1.54, 1.807) is 0 Å². The summed E-state index contributed by atoms with van der Waals surface area (Å²) in [5, 5.41) is 5.92. The van der Waals surface area contributed by atoms with Crippen molar-refractivity contribution in [3.8, 4) is 0 Å². The summed E-state index contributed by atoms with van der Waals surface area (Å²) in [5.74, 6) is 0. The summed E-state index contributed by atoms with van der Waals surface area (Å²) in [6, 6.07) is 19.0. The number of aryl methyl sites for hydroxylation is 2. The normalized spacial score (nSPS) is 12.7. The molecule has 0 spiro atoms. The summed E-state index contributed by atoms with van der Waals surface area (Å²) >= 11 is 3.78. The molecule has 0 aliphatic carbocycles. The second-order valence-electron chi connectivity index (χ2n) is 5.00. The molecule has 0 N–H and O–H groups in total. The van der Waals surface area contributed by atoms with Crippen LogP contribution in [0.1, 0.15) is 22.5 Å². The maximum atomic E-state index is 4.65. The van der Waals surface area contributed by atoms with E-state index in [0.29, 0.717) is 4.83 Å². The summed E-state index contributed by atoms with van der Waals surface area (Å²) < 4.78 is 1.97. The molecule has 3 rings (SSSR count). The second kappa shape index (κ2) is 5.80. The number of hydrogen-bond donors (Lipinski definition) is 0. The van der Waals surface area contributed by atoms with Crippen molar-refractivity contribution in [2.75, 3.05) is 0 Å². The topological polar surface area (TPSA) is 17.8 Å². The van der Waals surface area contributed by atoms with Crippen molar-refractivity contribution in [1.29, 1.82) is 0 Å². The highest BCUT2D eigenvalue weighted by molar-refractivity contribution is 9.09. The molecule has 0 aliphatic rings.